The van der Waals surface area contributed by atoms with Crippen molar-refractivity contribution in [3.8, 4) is 0 Å². The average Bonchev–Trinajstić information content (AvgIpc) is 3.25. The minimum Gasteiger partial charge on any atom is -0.378 e. The van der Waals surface area contributed by atoms with E-state index in [-0.39, 0.29) is 15.5 Å². The Labute approximate surface area is 158 Å². The smallest absolute Gasteiger partial charge is 0.244 e. The van der Waals surface area contributed by atoms with Crippen molar-refractivity contribution in [1.82, 2.24) is 24.5 Å². The molecule has 2 heterocycles. The first-order valence-corrected chi connectivity index (χ1v) is 10.3. The number of rotatable bonds is 5. The molecule has 0 atom stereocenters. The van der Waals surface area contributed by atoms with Crippen LogP contribution in [0.4, 0.5) is 5.69 Å². The predicted octanol–water partition coefficient (Wildman–Crippen LogP) is 2.48. The minimum atomic E-state index is -3.58. The van der Waals surface area contributed by atoms with Gasteiger partial charge < -0.3 is 5.32 Å². The molecule has 10 heteroatoms. The van der Waals surface area contributed by atoms with E-state index in [1.54, 1.807) is 23.0 Å². The number of halogens is 1. The first-order valence-electron chi connectivity index (χ1n) is 8.51. The topological polar surface area (TPSA) is 93.0 Å². The molecule has 1 saturated heterocycles. The van der Waals surface area contributed by atoms with E-state index in [9.17, 15) is 8.42 Å². The lowest BCUT2D eigenvalue weighted by Gasteiger charge is -2.17. The van der Waals surface area contributed by atoms with Crippen LogP contribution in [0.2, 0.25) is 5.02 Å². The molecule has 0 saturated carbocycles. The summed E-state index contributed by atoms with van der Waals surface area (Å²) in [5, 5.41) is 15.7. The highest BCUT2D eigenvalue weighted by atomic mass is 35.5. The van der Waals surface area contributed by atoms with Crippen LogP contribution in [0, 0.1) is 0 Å². The van der Waals surface area contributed by atoms with Gasteiger partial charge in [0.05, 0.1) is 17.1 Å². The average molecular weight is 399 g/mol. The van der Waals surface area contributed by atoms with Crippen molar-refractivity contribution in [3.05, 3.63) is 29.0 Å². The highest BCUT2D eigenvalue weighted by Crippen LogP contribution is 2.29. The Hall–Kier alpha value is -1.71. The summed E-state index contributed by atoms with van der Waals surface area (Å²) in [6, 6.07) is 4.88. The quantitative estimate of drug-likeness (QED) is 0.831. The van der Waals surface area contributed by atoms with Crippen LogP contribution in [0.25, 0.3) is 0 Å². The lowest BCUT2D eigenvalue weighted by Crippen LogP contribution is -2.28. The number of aromatic nitrogens is 4. The molecule has 3 rings (SSSR count). The highest BCUT2D eigenvalue weighted by Gasteiger charge is 2.29. The Morgan fingerprint density at radius 2 is 1.92 bits per heavy atom. The fourth-order valence-corrected chi connectivity index (χ4v) is 4.68. The first-order chi connectivity index (χ1) is 12.2. The number of nitrogens with zero attached hydrogens (tertiary/aromatic N) is 5. The predicted molar refractivity (Wildman–Crippen MR) is 99.6 cm³/mol. The molecule has 142 valence electrons. The number of tetrazole rings is 1. The molecule has 1 aliphatic rings. The van der Waals surface area contributed by atoms with Crippen molar-refractivity contribution in [3.63, 3.8) is 0 Å². The zero-order chi connectivity index (χ0) is 18.9. The molecule has 0 unspecified atom stereocenters. The maximum Gasteiger partial charge on any atom is 0.244 e. The monoisotopic (exact) mass is 398 g/mol. The van der Waals surface area contributed by atoms with Crippen molar-refractivity contribution < 1.29 is 8.42 Å². The van der Waals surface area contributed by atoms with Crippen LogP contribution in [0.5, 0.6) is 0 Å². The summed E-state index contributed by atoms with van der Waals surface area (Å²) in [6.07, 6.45) is 1.76. The van der Waals surface area contributed by atoms with Gasteiger partial charge in [-0.2, -0.15) is 9.10 Å². The summed E-state index contributed by atoms with van der Waals surface area (Å²) >= 11 is 6.16. The van der Waals surface area contributed by atoms with E-state index < -0.39 is 10.0 Å². The summed E-state index contributed by atoms with van der Waals surface area (Å²) in [5.74, 6) is 0.527. The third kappa shape index (κ3) is 3.99. The van der Waals surface area contributed by atoms with Crippen molar-refractivity contribution in [2.24, 2.45) is 0 Å². The third-order valence-corrected chi connectivity index (χ3v) is 6.50. The molecule has 0 aliphatic carbocycles. The van der Waals surface area contributed by atoms with Gasteiger partial charge in [0.2, 0.25) is 10.0 Å². The molecule has 1 aromatic heterocycles. The first kappa shape index (κ1) is 19.1. The van der Waals surface area contributed by atoms with E-state index in [4.69, 9.17) is 11.6 Å². The van der Waals surface area contributed by atoms with Gasteiger partial charge >= 0.3 is 0 Å². The highest BCUT2D eigenvalue weighted by molar-refractivity contribution is 7.89. The lowest BCUT2D eigenvalue weighted by atomic mass is 10.1. The minimum absolute atomic E-state index is 0.123. The van der Waals surface area contributed by atoms with Crippen LogP contribution >= 0.6 is 11.6 Å². The molecule has 1 fully saturated rings. The van der Waals surface area contributed by atoms with Crippen molar-refractivity contribution in [1.29, 1.82) is 0 Å². The van der Waals surface area contributed by atoms with Crippen LogP contribution in [-0.4, -0.2) is 46.0 Å². The fourth-order valence-electron chi connectivity index (χ4n) is 2.66. The van der Waals surface area contributed by atoms with Gasteiger partial charge in [0.25, 0.3) is 0 Å². The number of benzene rings is 1. The van der Waals surface area contributed by atoms with E-state index in [1.165, 1.54) is 4.31 Å². The molecule has 8 nitrogen and oxygen atoms in total. The second kappa shape index (κ2) is 7.13. The number of hydrogen-bond acceptors (Lipinski definition) is 6. The van der Waals surface area contributed by atoms with Gasteiger partial charge in [-0.1, -0.05) is 11.6 Å². The number of anilines is 1. The molecule has 26 heavy (non-hydrogen) atoms. The zero-order valence-electron chi connectivity index (χ0n) is 15.1. The third-order valence-electron chi connectivity index (χ3n) is 4.12. The standard InChI is InChI=1S/C16H23ClN6O2S/c1-16(2,3)23-20-15(19-21-23)11-18-12-6-7-13(17)14(10-12)26(24,25)22-8-4-5-9-22/h6-7,10,18H,4-5,8-9,11H2,1-3H3. The van der Waals surface area contributed by atoms with E-state index >= 15 is 0 Å². The summed E-state index contributed by atoms with van der Waals surface area (Å²) in [7, 11) is -3.58. The van der Waals surface area contributed by atoms with Crippen LogP contribution < -0.4 is 5.32 Å². The molecule has 0 spiro atoms. The van der Waals surface area contributed by atoms with Crippen molar-refractivity contribution in [2.45, 2.75) is 50.6 Å². The fraction of sp³-hybridized carbons (Fsp3) is 0.562. The molecule has 1 N–H and O–H groups in total. The summed E-state index contributed by atoms with van der Waals surface area (Å²) < 4.78 is 27.0. The van der Waals surface area contributed by atoms with E-state index in [0.29, 0.717) is 31.1 Å². The maximum atomic E-state index is 12.8. The van der Waals surface area contributed by atoms with Crippen molar-refractivity contribution >= 4 is 27.3 Å². The van der Waals surface area contributed by atoms with Gasteiger partial charge in [-0.3, -0.25) is 0 Å². The van der Waals surface area contributed by atoms with E-state index in [1.807, 2.05) is 20.8 Å². The van der Waals surface area contributed by atoms with Crippen molar-refractivity contribution in [2.75, 3.05) is 18.4 Å². The molecular weight excluding hydrogens is 376 g/mol. The Morgan fingerprint density at radius 3 is 2.54 bits per heavy atom. The van der Waals surface area contributed by atoms with E-state index in [2.05, 4.69) is 20.7 Å². The lowest BCUT2D eigenvalue weighted by molar-refractivity contribution is 0.305. The zero-order valence-corrected chi connectivity index (χ0v) is 16.7. The Bertz CT molecular complexity index is 884. The van der Waals surface area contributed by atoms with Gasteiger partial charge in [0.1, 0.15) is 4.90 Å². The Morgan fingerprint density at radius 1 is 1.23 bits per heavy atom. The summed E-state index contributed by atoms with van der Waals surface area (Å²) in [4.78, 5) is 1.67. The SMILES string of the molecule is CC(C)(C)n1nnc(CNc2ccc(Cl)c(S(=O)(=O)N3CCCC3)c2)n1. The molecule has 1 aromatic carbocycles. The van der Waals surface area contributed by atoms with Crippen LogP contribution in [0.15, 0.2) is 23.1 Å². The molecule has 2 aromatic rings. The largest absolute Gasteiger partial charge is 0.378 e. The Kier molecular flexibility index (Phi) is 5.23. The number of hydrogen-bond donors (Lipinski definition) is 1. The second-order valence-corrected chi connectivity index (χ2v) is 9.59. The molecule has 0 radical (unpaired) electrons. The van der Waals surface area contributed by atoms with Gasteiger partial charge in [0, 0.05) is 18.8 Å². The van der Waals surface area contributed by atoms with Gasteiger partial charge in [-0.15, -0.1) is 10.2 Å². The van der Waals surface area contributed by atoms with Crippen LogP contribution in [0.3, 0.4) is 0 Å². The molecule has 0 bridgehead atoms. The maximum absolute atomic E-state index is 12.8. The second-order valence-electron chi connectivity index (χ2n) is 7.28. The van der Waals surface area contributed by atoms with Crippen LogP contribution in [-0.2, 0) is 22.1 Å². The molecule has 0 amide bonds. The number of nitrogens with one attached hydrogen (secondary N) is 1. The summed E-state index contributed by atoms with van der Waals surface area (Å²) in [6.45, 7) is 7.37. The molecular formula is C16H23ClN6O2S. The molecule has 1 aliphatic heterocycles. The van der Waals surface area contributed by atoms with E-state index in [0.717, 1.165) is 12.8 Å². The number of sulfonamides is 1. The Balaban J connectivity index is 1.76. The summed E-state index contributed by atoms with van der Waals surface area (Å²) in [5.41, 5.74) is 0.391. The van der Waals surface area contributed by atoms with Crippen LogP contribution in [0.1, 0.15) is 39.4 Å². The van der Waals surface area contributed by atoms with Gasteiger partial charge in [-0.25, -0.2) is 8.42 Å². The normalized spacial score (nSPS) is 16.2. The van der Waals surface area contributed by atoms with Gasteiger partial charge in [-0.05, 0) is 57.0 Å². The van der Waals surface area contributed by atoms with Gasteiger partial charge in [0.15, 0.2) is 5.82 Å².